The van der Waals surface area contributed by atoms with Crippen LogP contribution in [0, 0.1) is 13.8 Å². The maximum Gasteiger partial charge on any atom is 0.323 e. The second-order valence-corrected chi connectivity index (χ2v) is 7.04. The number of thiazole rings is 1. The number of carbonyl (C=O) groups excluding carboxylic acids is 2. The molecule has 0 aliphatic carbocycles. The Morgan fingerprint density at radius 1 is 1.04 bits per heavy atom. The van der Waals surface area contributed by atoms with Gasteiger partial charge in [0.05, 0.1) is 10.2 Å². The summed E-state index contributed by atoms with van der Waals surface area (Å²) in [6, 6.07) is 11.0. The molecule has 0 radical (unpaired) electrons. The minimum absolute atomic E-state index is 0.0717. The van der Waals surface area contributed by atoms with Gasteiger partial charge in [-0.2, -0.15) is 0 Å². The molecule has 1 heterocycles. The van der Waals surface area contributed by atoms with Crippen LogP contribution in [-0.4, -0.2) is 16.9 Å². The lowest BCUT2D eigenvalue weighted by molar-refractivity contribution is -0.115. The fourth-order valence-electron chi connectivity index (χ4n) is 2.55. The van der Waals surface area contributed by atoms with Crippen molar-refractivity contribution in [2.75, 3.05) is 16.0 Å². The van der Waals surface area contributed by atoms with Gasteiger partial charge in [0, 0.05) is 17.8 Å². The molecular formula is C19H20N4O2S. The molecule has 0 fully saturated rings. The molecule has 3 rings (SSSR count). The van der Waals surface area contributed by atoms with E-state index in [-0.39, 0.29) is 11.9 Å². The average molecular weight is 368 g/mol. The van der Waals surface area contributed by atoms with Crippen molar-refractivity contribution in [3.63, 3.8) is 0 Å². The minimum Gasteiger partial charge on any atom is -0.308 e. The van der Waals surface area contributed by atoms with Gasteiger partial charge in [-0.1, -0.05) is 30.4 Å². The van der Waals surface area contributed by atoms with Gasteiger partial charge in [0.15, 0.2) is 5.13 Å². The van der Waals surface area contributed by atoms with Gasteiger partial charge in [-0.15, -0.1) is 0 Å². The van der Waals surface area contributed by atoms with Crippen LogP contribution >= 0.6 is 11.3 Å². The monoisotopic (exact) mass is 368 g/mol. The average Bonchev–Trinajstić information content (AvgIpc) is 2.97. The van der Waals surface area contributed by atoms with Gasteiger partial charge < -0.3 is 16.0 Å². The maximum atomic E-state index is 12.2. The van der Waals surface area contributed by atoms with E-state index in [1.54, 1.807) is 6.92 Å². The Labute approximate surface area is 155 Å². The second kappa shape index (κ2) is 7.53. The third-order valence-corrected chi connectivity index (χ3v) is 4.70. The predicted octanol–water partition coefficient (Wildman–Crippen LogP) is 4.91. The zero-order valence-corrected chi connectivity index (χ0v) is 15.7. The summed E-state index contributed by atoms with van der Waals surface area (Å²) in [4.78, 5) is 28.2. The molecule has 6 nitrogen and oxygen atoms in total. The first kappa shape index (κ1) is 17.9. The summed E-state index contributed by atoms with van der Waals surface area (Å²) in [6.07, 6.45) is 0.404. The first-order chi connectivity index (χ1) is 12.4. The van der Waals surface area contributed by atoms with E-state index >= 15 is 0 Å². The number of rotatable bonds is 4. The van der Waals surface area contributed by atoms with Gasteiger partial charge >= 0.3 is 6.03 Å². The van der Waals surface area contributed by atoms with Crippen molar-refractivity contribution in [3.05, 3.63) is 47.5 Å². The van der Waals surface area contributed by atoms with Crippen LogP contribution in [0.15, 0.2) is 36.4 Å². The van der Waals surface area contributed by atoms with E-state index in [4.69, 9.17) is 0 Å². The summed E-state index contributed by atoms with van der Waals surface area (Å²) in [5.74, 6) is -0.0717. The fourth-order valence-corrected chi connectivity index (χ4v) is 3.55. The van der Waals surface area contributed by atoms with E-state index in [0.717, 1.165) is 27.0 Å². The fraction of sp³-hybridized carbons (Fsp3) is 0.211. The Balaban J connectivity index is 1.77. The van der Waals surface area contributed by atoms with Gasteiger partial charge in [-0.3, -0.25) is 4.79 Å². The summed E-state index contributed by atoms with van der Waals surface area (Å²) in [6.45, 7) is 5.69. The molecule has 0 atom stereocenters. The summed E-state index contributed by atoms with van der Waals surface area (Å²) in [7, 11) is 0. The van der Waals surface area contributed by atoms with Gasteiger partial charge in [-0.25, -0.2) is 9.78 Å². The number of aromatic nitrogens is 1. The first-order valence-corrected chi connectivity index (χ1v) is 9.12. The summed E-state index contributed by atoms with van der Waals surface area (Å²) >= 11 is 1.39. The number of nitrogens with one attached hydrogen (secondary N) is 3. The third kappa shape index (κ3) is 4.18. The molecule has 26 heavy (non-hydrogen) atoms. The summed E-state index contributed by atoms with van der Waals surface area (Å²) in [5, 5.41) is 9.01. The molecule has 3 aromatic rings. The van der Waals surface area contributed by atoms with Crippen molar-refractivity contribution >= 4 is 50.0 Å². The molecule has 0 aliphatic rings. The highest BCUT2D eigenvalue weighted by Gasteiger charge is 2.11. The number of nitrogens with zero attached hydrogens (tertiary/aromatic N) is 1. The highest BCUT2D eigenvalue weighted by Crippen LogP contribution is 2.31. The number of anilines is 3. The number of hydrogen-bond acceptors (Lipinski definition) is 4. The molecule has 134 valence electrons. The summed E-state index contributed by atoms with van der Waals surface area (Å²) < 4.78 is 0.905. The molecule has 0 aliphatic heterocycles. The predicted molar refractivity (Wildman–Crippen MR) is 107 cm³/mol. The Bertz CT molecular complexity index is 981. The third-order valence-electron chi connectivity index (χ3n) is 3.79. The van der Waals surface area contributed by atoms with E-state index in [1.165, 1.54) is 11.3 Å². The van der Waals surface area contributed by atoms with Crippen LogP contribution in [0.3, 0.4) is 0 Å². The van der Waals surface area contributed by atoms with Gasteiger partial charge in [0.25, 0.3) is 0 Å². The Morgan fingerprint density at radius 2 is 1.81 bits per heavy atom. The van der Waals surface area contributed by atoms with Crippen LogP contribution in [-0.2, 0) is 4.79 Å². The number of fused-ring (bicyclic) bond motifs is 1. The lowest BCUT2D eigenvalue weighted by atomic mass is 10.2. The zero-order chi connectivity index (χ0) is 18.7. The minimum atomic E-state index is -0.307. The van der Waals surface area contributed by atoms with Gasteiger partial charge in [0.1, 0.15) is 0 Å². The summed E-state index contributed by atoms with van der Waals surface area (Å²) in [5.41, 5.74) is 4.25. The number of aryl methyl sites for hydroxylation is 2. The highest BCUT2D eigenvalue weighted by atomic mass is 32.1. The standard InChI is InChI=1S/C19H20N4O2S/c1-4-16(24)22-19-23-17-12(3)9-14(10-15(17)26-19)21-18(25)20-13-7-5-6-11(2)8-13/h5-10H,4H2,1-3H3,(H2,20,21,25)(H,22,23,24). The van der Waals surface area contributed by atoms with Crippen molar-refractivity contribution in [1.82, 2.24) is 4.98 Å². The van der Waals surface area contributed by atoms with E-state index < -0.39 is 0 Å². The van der Waals surface area contributed by atoms with Gasteiger partial charge in [-0.05, 0) is 49.2 Å². The van der Waals surface area contributed by atoms with Crippen LogP contribution in [0.25, 0.3) is 10.2 Å². The van der Waals surface area contributed by atoms with E-state index in [9.17, 15) is 9.59 Å². The van der Waals surface area contributed by atoms with Crippen molar-refractivity contribution in [3.8, 4) is 0 Å². The van der Waals surface area contributed by atoms with Crippen LogP contribution in [0.4, 0.5) is 21.3 Å². The smallest absolute Gasteiger partial charge is 0.308 e. The van der Waals surface area contributed by atoms with Crippen LogP contribution < -0.4 is 16.0 Å². The number of urea groups is 1. The quantitative estimate of drug-likeness (QED) is 0.612. The Morgan fingerprint density at radius 3 is 2.54 bits per heavy atom. The van der Waals surface area contributed by atoms with Gasteiger partial charge in [0.2, 0.25) is 5.91 Å². The second-order valence-electron chi connectivity index (χ2n) is 6.01. The molecular weight excluding hydrogens is 348 g/mol. The van der Waals surface area contributed by atoms with E-state index in [1.807, 2.05) is 50.2 Å². The van der Waals surface area contributed by atoms with Crippen molar-refractivity contribution in [1.29, 1.82) is 0 Å². The Kier molecular flexibility index (Phi) is 5.18. The van der Waals surface area contributed by atoms with E-state index in [2.05, 4.69) is 20.9 Å². The SMILES string of the molecule is CCC(=O)Nc1nc2c(C)cc(NC(=O)Nc3cccc(C)c3)cc2s1. The molecule has 2 aromatic carbocycles. The lowest BCUT2D eigenvalue weighted by Gasteiger charge is -2.09. The number of amides is 3. The Hall–Kier alpha value is -2.93. The van der Waals surface area contributed by atoms with Crippen LogP contribution in [0.1, 0.15) is 24.5 Å². The molecule has 1 aromatic heterocycles. The van der Waals surface area contributed by atoms with E-state index in [0.29, 0.717) is 17.2 Å². The molecule has 7 heteroatoms. The lowest BCUT2D eigenvalue weighted by Crippen LogP contribution is -2.19. The first-order valence-electron chi connectivity index (χ1n) is 8.30. The molecule has 3 N–H and O–H groups in total. The normalized spacial score (nSPS) is 10.6. The van der Waals surface area contributed by atoms with Crippen molar-refractivity contribution in [2.45, 2.75) is 27.2 Å². The van der Waals surface area contributed by atoms with Crippen molar-refractivity contribution in [2.24, 2.45) is 0 Å². The maximum absolute atomic E-state index is 12.2. The largest absolute Gasteiger partial charge is 0.323 e. The molecule has 3 amide bonds. The number of carbonyl (C=O) groups is 2. The van der Waals surface area contributed by atoms with Crippen molar-refractivity contribution < 1.29 is 9.59 Å². The molecule has 0 saturated carbocycles. The highest BCUT2D eigenvalue weighted by molar-refractivity contribution is 7.22. The molecule has 0 spiro atoms. The number of hydrogen-bond donors (Lipinski definition) is 3. The van der Waals surface area contributed by atoms with Crippen LogP contribution in [0.2, 0.25) is 0 Å². The zero-order valence-electron chi connectivity index (χ0n) is 14.8. The molecule has 0 bridgehead atoms. The van der Waals surface area contributed by atoms with Crippen LogP contribution in [0.5, 0.6) is 0 Å². The topological polar surface area (TPSA) is 83.1 Å². The number of benzene rings is 2. The molecule has 0 saturated heterocycles. The molecule has 0 unspecified atom stereocenters.